The lowest BCUT2D eigenvalue weighted by Crippen LogP contribution is -2.03. The van der Waals surface area contributed by atoms with Gasteiger partial charge in [-0.05, 0) is 25.5 Å². The van der Waals surface area contributed by atoms with Crippen LogP contribution in [-0.2, 0) is 0 Å². The van der Waals surface area contributed by atoms with Gasteiger partial charge < -0.3 is 10.7 Å². The lowest BCUT2D eigenvalue weighted by Gasteiger charge is -1.92. The van der Waals surface area contributed by atoms with Gasteiger partial charge in [0.25, 0.3) is 0 Å². The molecule has 11 heavy (non-hydrogen) atoms. The fraction of sp³-hybridized carbons (Fsp3) is 0.444. The molecular weight excluding hydrogens is 136 g/mol. The predicted molar refractivity (Wildman–Crippen MR) is 50.2 cm³/mol. The zero-order valence-electron chi connectivity index (χ0n) is 7.06. The molecule has 0 fully saturated rings. The van der Waals surface area contributed by atoms with E-state index < -0.39 is 0 Å². The highest BCUT2D eigenvalue weighted by Gasteiger charge is 1.84. The molecule has 0 spiro atoms. The van der Waals surface area contributed by atoms with E-state index in [4.69, 9.17) is 5.41 Å². The van der Waals surface area contributed by atoms with Crippen LogP contribution in [-0.4, -0.2) is 19.8 Å². The van der Waals surface area contributed by atoms with Crippen molar-refractivity contribution in [3.05, 3.63) is 24.3 Å². The van der Waals surface area contributed by atoms with Crippen LogP contribution in [0.2, 0.25) is 0 Å². The van der Waals surface area contributed by atoms with Crippen LogP contribution in [0.3, 0.4) is 0 Å². The quantitative estimate of drug-likeness (QED) is 0.441. The van der Waals surface area contributed by atoms with Crippen LogP contribution in [0.15, 0.2) is 24.3 Å². The Morgan fingerprint density at radius 3 is 2.82 bits per heavy atom. The highest BCUT2D eigenvalue weighted by atomic mass is 14.8. The lowest BCUT2D eigenvalue weighted by atomic mass is 10.2. The average molecular weight is 152 g/mol. The average Bonchev–Trinajstić information content (AvgIpc) is 2.04. The summed E-state index contributed by atoms with van der Waals surface area (Å²) in [6, 6.07) is 0. The summed E-state index contributed by atoms with van der Waals surface area (Å²) in [5.74, 6) is 0. The summed E-state index contributed by atoms with van der Waals surface area (Å²) >= 11 is 0. The van der Waals surface area contributed by atoms with Crippen molar-refractivity contribution in [3.63, 3.8) is 0 Å². The molecule has 2 heteroatoms. The minimum atomic E-state index is 0.888. The summed E-state index contributed by atoms with van der Waals surface area (Å²) in [5.41, 5.74) is 0.888. The van der Waals surface area contributed by atoms with Gasteiger partial charge in [0.15, 0.2) is 0 Å². The van der Waals surface area contributed by atoms with Gasteiger partial charge in [0.1, 0.15) is 0 Å². The monoisotopic (exact) mass is 152 g/mol. The van der Waals surface area contributed by atoms with E-state index in [0.29, 0.717) is 0 Å². The first kappa shape index (κ1) is 10.1. The van der Waals surface area contributed by atoms with E-state index in [2.05, 4.69) is 24.0 Å². The van der Waals surface area contributed by atoms with Gasteiger partial charge in [-0.2, -0.15) is 0 Å². The maximum atomic E-state index is 6.86. The molecule has 0 aromatic rings. The van der Waals surface area contributed by atoms with Crippen molar-refractivity contribution in [2.45, 2.75) is 12.8 Å². The van der Waals surface area contributed by atoms with Crippen LogP contribution in [0.1, 0.15) is 12.8 Å². The van der Waals surface area contributed by atoms with Crippen molar-refractivity contribution in [1.29, 1.82) is 5.41 Å². The minimum Gasteiger partial charge on any atom is -0.316 e. The van der Waals surface area contributed by atoms with Crippen molar-refractivity contribution < 1.29 is 0 Å². The van der Waals surface area contributed by atoms with Gasteiger partial charge in [-0.15, -0.1) is 0 Å². The highest BCUT2D eigenvalue weighted by molar-refractivity contribution is 5.74. The van der Waals surface area contributed by atoms with E-state index in [1.165, 1.54) is 6.21 Å². The Labute approximate surface area is 68.5 Å². The summed E-state index contributed by atoms with van der Waals surface area (Å²) < 4.78 is 0. The first-order valence-corrected chi connectivity index (χ1v) is 3.79. The van der Waals surface area contributed by atoms with Gasteiger partial charge >= 0.3 is 0 Å². The molecule has 0 bridgehead atoms. The topological polar surface area (TPSA) is 35.9 Å². The molecule has 0 radical (unpaired) electrons. The van der Waals surface area contributed by atoms with E-state index in [1.807, 2.05) is 7.05 Å². The van der Waals surface area contributed by atoms with Crippen molar-refractivity contribution in [3.8, 4) is 0 Å². The minimum absolute atomic E-state index is 0.888. The summed E-state index contributed by atoms with van der Waals surface area (Å²) in [7, 11) is 1.92. The second-order valence-electron chi connectivity index (χ2n) is 2.37. The second kappa shape index (κ2) is 7.22. The summed E-state index contributed by atoms with van der Waals surface area (Å²) in [6.45, 7) is 4.61. The number of allylic oxidation sites excluding steroid dienone is 2. The van der Waals surface area contributed by atoms with Crippen molar-refractivity contribution in [2.24, 2.45) is 0 Å². The summed E-state index contributed by atoms with van der Waals surface area (Å²) in [5, 5.41) is 9.88. The Balaban J connectivity index is 3.26. The highest BCUT2D eigenvalue weighted by Crippen LogP contribution is 1.98. The number of likely N-dealkylation sites (N-methyl/N-ethyl adjacent to an activating group) is 1. The number of nitrogens with one attached hydrogen (secondary N) is 2. The third kappa shape index (κ3) is 7.00. The smallest absolute Gasteiger partial charge is 0.0204 e. The maximum absolute atomic E-state index is 6.86. The molecule has 0 aliphatic rings. The molecule has 62 valence electrons. The Kier molecular flexibility index (Phi) is 6.64. The Bertz CT molecular complexity index is 148. The molecule has 0 heterocycles. The standard InChI is InChI=1S/C9H16N2/c1-9(8-10)6-4-3-5-7-11-2/h3,5,8,10-11H,1,4,6-7H2,2H3/b5-3-,10-8?. The first-order valence-electron chi connectivity index (χ1n) is 3.79. The molecule has 0 atom stereocenters. The third-order valence-electron chi connectivity index (χ3n) is 1.32. The van der Waals surface area contributed by atoms with Crippen molar-refractivity contribution >= 4 is 6.21 Å². The van der Waals surface area contributed by atoms with Gasteiger partial charge in [0.05, 0.1) is 0 Å². The zero-order valence-corrected chi connectivity index (χ0v) is 7.06. The largest absolute Gasteiger partial charge is 0.316 e. The molecule has 0 rings (SSSR count). The van der Waals surface area contributed by atoms with Crippen LogP contribution in [0.5, 0.6) is 0 Å². The van der Waals surface area contributed by atoms with Crippen LogP contribution in [0.4, 0.5) is 0 Å². The SMILES string of the molecule is C=C(C=N)CC/C=C\CNC. The van der Waals surface area contributed by atoms with Crippen LogP contribution < -0.4 is 5.32 Å². The Hall–Kier alpha value is -0.890. The van der Waals surface area contributed by atoms with E-state index in [9.17, 15) is 0 Å². The fourth-order valence-corrected chi connectivity index (χ4v) is 0.660. The Morgan fingerprint density at radius 1 is 1.55 bits per heavy atom. The molecule has 0 aromatic carbocycles. The number of hydrogen-bond acceptors (Lipinski definition) is 2. The predicted octanol–water partition coefficient (Wildman–Crippen LogP) is 1.75. The van der Waals surface area contributed by atoms with Crippen molar-refractivity contribution in [2.75, 3.05) is 13.6 Å². The molecule has 0 unspecified atom stereocenters. The normalized spacial score (nSPS) is 10.3. The van der Waals surface area contributed by atoms with E-state index >= 15 is 0 Å². The summed E-state index contributed by atoms with van der Waals surface area (Å²) in [6.07, 6.45) is 7.37. The molecule has 0 saturated heterocycles. The van der Waals surface area contributed by atoms with Crippen LogP contribution in [0, 0.1) is 5.41 Å². The molecule has 0 amide bonds. The molecular formula is C9H16N2. The van der Waals surface area contributed by atoms with Crippen LogP contribution >= 0.6 is 0 Å². The maximum Gasteiger partial charge on any atom is 0.0204 e. The van der Waals surface area contributed by atoms with E-state index in [-0.39, 0.29) is 0 Å². The van der Waals surface area contributed by atoms with Gasteiger partial charge in [-0.1, -0.05) is 18.7 Å². The molecule has 0 aliphatic carbocycles. The van der Waals surface area contributed by atoms with Gasteiger partial charge in [-0.3, -0.25) is 0 Å². The fourth-order valence-electron chi connectivity index (χ4n) is 0.660. The van der Waals surface area contributed by atoms with E-state index in [1.54, 1.807) is 0 Å². The zero-order chi connectivity index (χ0) is 8.53. The van der Waals surface area contributed by atoms with Gasteiger partial charge in [0, 0.05) is 12.8 Å². The van der Waals surface area contributed by atoms with Crippen LogP contribution in [0.25, 0.3) is 0 Å². The molecule has 0 saturated carbocycles. The molecule has 2 N–H and O–H groups in total. The molecule has 0 aliphatic heterocycles. The lowest BCUT2D eigenvalue weighted by molar-refractivity contribution is 0.910. The number of hydrogen-bond donors (Lipinski definition) is 2. The van der Waals surface area contributed by atoms with Gasteiger partial charge in [0.2, 0.25) is 0 Å². The van der Waals surface area contributed by atoms with E-state index in [0.717, 1.165) is 25.0 Å². The molecule has 2 nitrogen and oxygen atoms in total. The third-order valence-corrected chi connectivity index (χ3v) is 1.32. The second-order valence-corrected chi connectivity index (χ2v) is 2.37. The van der Waals surface area contributed by atoms with Gasteiger partial charge in [-0.25, -0.2) is 0 Å². The first-order chi connectivity index (χ1) is 5.31. The number of rotatable bonds is 6. The Morgan fingerprint density at radius 2 is 2.27 bits per heavy atom. The van der Waals surface area contributed by atoms with Crippen molar-refractivity contribution in [1.82, 2.24) is 5.32 Å². The summed E-state index contributed by atoms with van der Waals surface area (Å²) in [4.78, 5) is 0. The molecule has 0 aromatic heterocycles.